The summed E-state index contributed by atoms with van der Waals surface area (Å²) in [6.45, 7) is 5.33. The van der Waals surface area contributed by atoms with Gasteiger partial charge in [0.15, 0.2) is 0 Å². The number of hydrogen-bond donors (Lipinski definition) is 3. The molecule has 0 saturated carbocycles. The third-order valence-electron chi connectivity index (χ3n) is 2.98. The molecule has 0 spiro atoms. The zero-order chi connectivity index (χ0) is 15.0. The van der Waals surface area contributed by atoms with Crippen molar-refractivity contribution in [3.05, 3.63) is 35.4 Å². The summed E-state index contributed by atoms with van der Waals surface area (Å²) in [4.78, 5) is 23.4. The summed E-state index contributed by atoms with van der Waals surface area (Å²) in [6.07, 6.45) is 0. The van der Waals surface area contributed by atoms with Crippen LogP contribution in [0.3, 0.4) is 0 Å². The van der Waals surface area contributed by atoms with E-state index in [0.717, 1.165) is 5.56 Å². The number of carbonyl (C=O) groups is 2. The van der Waals surface area contributed by atoms with Crippen LogP contribution in [0.25, 0.3) is 0 Å². The van der Waals surface area contributed by atoms with Crippen LogP contribution in [0, 0.1) is 12.8 Å². The van der Waals surface area contributed by atoms with E-state index >= 15 is 0 Å². The first-order valence-corrected chi connectivity index (χ1v) is 6.81. The standard InChI is InChI=1S/C15H23N3O2.ClH/c1-11-4-6-13(7-5-11)15(20)18-9-8-17-14(19)12(2)10-16-3;/h4-7,12,16H,8-10H2,1-3H3,(H,17,19)(H,18,20);1H. The second-order valence-electron chi connectivity index (χ2n) is 4.87. The number of halogens is 1. The number of nitrogens with one attached hydrogen (secondary N) is 3. The van der Waals surface area contributed by atoms with Gasteiger partial charge in [-0.3, -0.25) is 9.59 Å². The molecule has 0 fully saturated rings. The molecule has 1 atom stereocenters. The molecule has 1 unspecified atom stereocenters. The van der Waals surface area contributed by atoms with Crippen LogP contribution < -0.4 is 16.0 Å². The van der Waals surface area contributed by atoms with Crippen molar-refractivity contribution in [3.63, 3.8) is 0 Å². The topological polar surface area (TPSA) is 70.2 Å². The maximum Gasteiger partial charge on any atom is 0.251 e. The summed E-state index contributed by atoms with van der Waals surface area (Å²) < 4.78 is 0. The molecule has 0 aliphatic heterocycles. The second kappa shape index (κ2) is 10.2. The van der Waals surface area contributed by atoms with Gasteiger partial charge in [-0.1, -0.05) is 24.6 Å². The molecule has 5 nitrogen and oxygen atoms in total. The summed E-state index contributed by atoms with van der Waals surface area (Å²) in [6, 6.07) is 7.38. The molecule has 1 aromatic rings. The zero-order valence-electron chi connectivity index (χ0n) is 12.7. The maximum absolute atomic E-state index is 11.8. The van der Waals surface area contributed by atoms with Crippen molar-refractivity contribution in [1.29, 1.82) is 0 Å². The minimum absolute atomic E-state index is 0. The van der Waals surface area contributed by atoms with Gasteiger partial charge in [0.25, 0.3) is 5.91 Å². The van der Waals surface area contributed by atoms with Crippen molar-refractivity contribution >= 4 is 24.2 Å². The van der Waals surface area contributed by atoms with Gasteiger partial charge in [0, 0.05) is 31.1 Å². The van der Waals surface area contributed by atoms with Crippen molar-refractivity contribution in [2.45, 2.75) is 13.8 Å². The Morgan fingerprint density at radius 1 is 1.10 bits per heavy atom. The summed E-state index contributed by atoms with van der Waals surface area (Å²) >= 11 is 0. The Balaban J connectivity index is 0.00000400. The van der Waals surface area contributed by atoms with E-state index < -0.39 is 0 Å². The smallest absolute Gasteiger partial charge is 0.251 e. The van der Waals surface area contributed by atoms with E-state index in [1.807, 2.05) is 33.0 Å². The van der Waals surface area contributed by atoms with Gasteiger partial charge >= 0.3 is 0 Å². The number of benzene rings is 1. The minimum Gasteiger partial charge on any atom is -0.354 e. The molecule has 0 aromatic heterocycles. The van der Waals surface area contributed by atoms with Crippen molar-refractivity contribution in [1.82, 2.24) is 16.0 Å². The molecule has 0 radical (unpaired) electrons. The highest BCUT2D eigenvalue weighted by molar-refractivity contribution is 5.94. The fourth-order valence-electron chi connectivity index (χ4n) is 1.74. The lowest BCUT2D eigenvalue weighted by Gasteiger charge is -2.12. The lowest BCUT2D eigenvalue weighted by Crippen LogP contribution is -2.39. The third kappa shape index (κ3) is 7.11. The molecule has 0 aliphatic carbocycles. The molecule has 1 rings (SSSR count). The van der Waals surface area contributed by atoms with Gasteiger partial charge < -0.3 is 16.0 Å². The molecule has 0 heterocycles. The van der Waals surface area contributed by atoms with E-state index in [9.17, 15) is 9.59 Å². The highest BCUT2D eigenvalue weighted by atomic mass is 35.5. The fourth-order valence-corrected chi connectivity index (χ4v) is 1.74. The quantitative estimate of drug-likeness (QED) is 0.661. The van der Waals surface area contributed by atoms with Crippen LogP contribution in [0.2, 0.25) is 0 Å². The summed E-state index contributed by atoms with van der Waals surface area (Å²) in [5.41, 5.74) is 1.75. The number of aryl methyl sites for hydroxylation is 1. The first kappa shape index (κ1) is 19.4. The molecular formula is C15H24ClN3O2. The van der Waals surface area contributed by atoms with E-state index in [4.69, 9.17) is 0 Å². The average molecular weight is 314 g/mol. The number of rotatable bonds is 7. The fraction of sp³-hybridized carbons (Fsp3) is 0.467. The van der Waals surface area contributed by atoms with E-state index in [1.54, 1.807) is 12.1 Å². The van der Waals surface area contributed by atoms with Gasteiger partial charge in [0.1, 0.15) is 0 Å². The monoisotopic (exact) mass is 313 g/mol. The molecule has 3 N–H and O–H groups in total. The molecule has 6 heteroatoms. The van der Waals surface area contributed by atoms with Gasteiger partial charge in [0.05, 0.1) is 0 Å². The molecule has 2 amide bonds. The Labute approximate surface area is 132 Å². The van der Waals surface area contributed by atoms with Crippen LogP contribution in [0.4, 0.5) is 0 Å². The lowest BCUT2D eigenvalue weighted by molar-refractivity contribution is -0.124. The predicted molar refractivity (Wildman–Crippen MR) is 86.9 cm³/mol. The molecule has 0 saturated heterocycles. The van der Waals surface area contributed by atoms with E-state index in [1.165, 1.54) is 0 Å². The number of hydrogen-bond acceptors (Lipinski definition) is 3. The van der Waals surface area contributed by atoms with Gasteiger partial charge in [0.2, 0.25) is 5.91 Å². The van der Waals surface area contributed by atoms with Crippen LogP contribution in [0.1, 0.15) is 22.8 Å². The summed E-state index contributed by atoms with van der Waals surface area (Å²) in [7, 11) is 1.81. The predicted octanol–water partition coefficient (Wildman–Crippen LogP) is 1.12. The average Bonchev–Trinajstić information content (AvgIpc) is 2.44. The Bertz CT molecular complexity index is 449. The first-order valence-electron chi connectivity index (χ1n) is 6.81. The second-order valence-corrected chi connectivity index (χ2v) is 4.87. The Kier molecular flexibility index (Phi) is 9.41. The molecule has 0 aliphatic rings. The van der Waals surface area contributed by atoms with E-state index in [-0.39, 0.29) is 30.1 Å². The van der Waals surface area contributed by atoms with E-state index in [2.05, 4.69) is 16.0 Å². The lowest BCUT2D eigenvalue weighted by atomic mass is 10.1. The molecule has 1 aromatic carbocycles. The molecule has 21 heavy (non-hydrogen) atoms. The van der Waals surface area contributed by atoms with Gasteiger partial charge in [-0.15, -0.1) is 12.4 Å². The largest absolute Gasteiger partial charge is 0.354 e. The normalized spacial score (nSPS) is 11.2. The maximum atomic E-state index is 11.8. The molecule has 0 bridgehead atoms. The number of carbonyl (C=O) groups excluding carboxylic acids is 2. The van der Waals surface area contributed by atoms with Gasteiger partial charge in [-0.2, -0.15) is 0 Å². The zero-order valence-corrected chi connectivity index (χ0v) is 13.5. The van der Waals surface area contributed by atoms with Gasteiger partial charge in [-0.05, 0) is 26.1 Å². The SMILES string of the molecule is CNCC(C)C(=O)NCCNC(=O)c1ccc(C)cc1.Cl. The van der Waals surface area contributed by atoms with Crippen LogP contribution in [-0.2, 0) is 4.79 Å². The van der Waals surface area contributed by atoms with Crippen LogP contribution >= 0.6 is 12.4 Å². The summed E-state index contributed by atoms with van der Waals surface area (Å²) in [5, 5.41) is 8.52. The summed E-state index contributed by atoms with van der Waals surface area (Å²) in [5.74, 6) is -0.209. The highest BCUT2D eigenvalue weighted by Crippen LogP contribution is 2.02. The van der Waals surface area contributed by atoms with Gasteiger partial charge in [-0.25, -0.2) is 0 Å². The third-order valence-corrected chi connectivity index (χ3v) is 2.98. The van der Waals surface area contributed by atoms with Crippen LogP contribution in [0.5, 0.6) is 0 Å². The molecule has 118 valence electrons. The Morgan fingerprint density at radius 3 is 2.24 bits per heavy atom. The minimum atomic E-state index is -0.123. The highest BCUT2D eigenvalue weighted by Gasteiger charge is 2.10. The number of amides is 2. The first-order chi connectivity index (χ1) is 9.54. The van der Waals surface area contributed by atoms with E-state index in [0.29, 0.717) is 25.2 Å². The van der Waals surface area contributed by atoms with Crippen molar-refractivity contribution < 1.29 is 9.59 Å². The molecular weight excluding hydrogens is 290 g/mol. The van der Waals surface area contributed by atoms with Crippen molar-refractivity contribution in [3.8, 4) is 0 Å². The van der Waals surface area contributed by atoms with Crippen LogP contribution in [0.15, 0.2) is 24.3 Å². The van der Waals surface area contributed by atoms with Crippen molar-refractivity contribution in [2.24, 2.45) is 5.92 Å². The Hall–Kier alpha value is -1.59. The Morgan fingerprint density at radius 2 is 1.67 bits per heavy atom. The van der Waals surface area contributed by atoms with Crippen molar-refractivity contribution in [2.75, 3.05) is 26.7 Å². The van der Waals surface area contributed by atoms with Crippen LogP contribution in [-0.4, -0.2) is 38.5 Å².